The number of ether oxygens (including phenoxy) is 1. The first-order chi connectivity index (χ1) is 14.1. The van der Waals surface area contributed by atoms with E-state index in [1.54, 1.807) is 0 Å². The molecule has 148 valence electrons. The average Bonchev–Trinajstić information content (AvgIpc) is 3.34. The molecule has 0 fully saturated rings. The van der Waals surface area contributed by atoms with E-state index < -0.39 is 0 Å². The van der Waals surface area contributed by atoms with Crippen molar-refractivity contribution in [2.24, 2.45) is 0 Å². The minimum atomic E-state index is 0.246. The molecular weight excluding hydrogens is 386 g/mol. The highest BCUT2D eigenvalue weighted by Crippen LogP contribution is 2.26. The van der Waals surface area contributed by atoms with Crippen molar-refractivity contribution in [1.29, 1.82) is 0 Å². The number of nitrogens with two attached hydrogens (primary N) is 1. The fourth-order valence-corrected chi connectivity index (χ4v) is 3.68. The molecule has 0 spiro atoms. The molecule has 0 aliphatic carbocycles. The van der Waals surface area contributed by atoms with Gasteiger partial charge in [-0.1, -0.05) is 65.4 Å². The van der Waals surface area contributed by atoms with E-state index in [1.807, 2.05) is 68.4 Å². The Morgan fingerprint density at radius 3 is 2.55 bits per heavy atom. The number of para-hydroxylation sites is 1. The molecule has 4 rings (SSSR count). The third kappa shape index (κ3) is 4.27. The SMILES string of the molecule is Cc1cccc(C)c1OCc1nnc(SCc2cc(-c3ccccc3)no2)n1N. The summed E-state index contributed by atoms with van der Waals surface area (Å²) in [6.45, 7) is 4.27. The second kappa shape index (κ2) is 8.40. The molecule has 0 aliphatic heterocycles. The molecule has 0 amide bonds. The topological polar surface area (TPSA) is 92.0 Å². The number of aromatic nitrogens is 4. The normalized spacial score (nSPS) is 11.0. The van der Waals surface area contributed by atoms with Crippen LogP contribution < -0.4 is 10.6 Å². The number of nitrogens with zero attached hydrogens (tertiary/aromatic N) is 4. The molecule has 2 aromatic carbocycles. The van der Waals surface area contributed by atoms with Crippen molar-refractivity contribution < 1.29 is 9.26 Å². The van der Waals surface area contributed by atoms with Gasteiger partial charge in [0.1, 0.15) is 23.8 Å². The maximum absolute atomic E-state index is 6.15. The van der Waals surface area contributed by atoms with Gasteiger partial charge in [0.15, 0.2) is 5.82 Å². The van der Waals surface area contributed by atoms with Crippen molar-refractivity contribution in [2.75, 3.05) is 5.84 Å². The smallest absolute Gasteiger partial charge is 0.210 e. The van der Waals surface area contributed by atoms with Gasteiger partial charge in [0, 0.05) is 11.6 Å². The summed E-state index contributed by atoms with van der Waals surface area (Å²) in [5.74, 6) is 8.84. The van der Waals surface area contributed by atoms with Crippen LogP contribution in [0.1, 0.15) is 22.7 Å². The maximum Gasteiger partial charge on any atom is 0.210 e. The van der Waals surface area contributed by atoms with Crippen LogP contribution >= 0.6 is 11.8 Å². The van der Waals surface area contributed by atoms with Gasteiger partial charge in [-0.15, -0.1) is 10.2 Å². The summed E-state index contributed by atoms with van der Waals surface area (Å²) in [7, 11) is 0. The first-order valence-electron chi connectivity index (χ1n) is 9.14. The molecule has 0 unspecified atom stereocenters. The first kappa shape index (κ1) is 19.1. The van der Waals surface area contributed by atoms with Crippen LogP contribution in [-0.4, -0.2) is 20.0 Å². The van der Waals surface area contributed by atoms with Crippen LogP contribution in [0.25, 0.3) is 11.3 Å². The zero-order valence-corrected chi connectivity index (χ0v) is 17.0. The summed E-state index contributed by atoms with van der Waals surface area (Å²) in [6, 6.07) is 17.8. The van der Waals surface area contributed by atoms with Crippen molar-refractivity contribution in [3.05, 3.63) is 77.3 Å². The Hall–Kier alpha value is -3.26. The van der Waals surface area contributed by atoms with Gasteiger partial charge in [0.2, 0.25) is 5.16 Å². The second-order valence-electron chi connectivity index (χ2n) is 6.61. The number of rotatable bonds is 7. The highest BCUT2D eigenvalue weighted by Gasteiger charge is 2.14. The summed E-state index contributed by atoms with van der Waals surface area (Å²) in [5, 5.41) is 13.0. The summed E-state index contributed by atoms with van der Waals surface area (Å²) in [4.78, 5) is 0. The highest BCUT2D eigenvalue weighted by molar-refractivity contribution is 7.98. The Kier molecular flexibility index (Phi) is 5.53. The predicted molar refractivity (Wildman–Crippen MR) is 112 cm³/mol. The van der Waals surface area contributed by atoms with Gasteiger partial charge in [-0.05, 0) is 25.0 Å². The van der Waals surface area contributed by atoms with Gasteiger partial charge in [0.05, 0.1) is 5.75 Å². The summed E-state index contributed by atoms with van der Waals surface area (Å²) in [6.07, 6.45) is 0. The molecule has 0 saturated carbocycles. The lowest BCUT2D eigenvalue weighted by Crippen LogP contribution is -2.16. The fraction of sp³-hybridized carbons (Fsp3) is 0.190. The molecule has 29 heavy (non-hydrogen) atoms. The van der Waals surface area contributed by atoms with Crippen LogP contribution in [0.5, 0.6) is 5.75 Å². The Balaban J connectivity index is 1.39. The van der Waals surface area contributed by atoms with Crippen LogP contribution in [0, 0.1) is 13.8 Å². The lowest BCUT2D eigenvalue weighted by Gasteiger charge is -2.11. The molecule has 2 N–H and O–H groups in total. The number of hydrogen-bond acceptors (Lipinski definition) is 7. The summed E-state index contributed by atoms with van der Waals surface area (Å²) in [5.41, 5.74) is 3.96. The Bertz CT molecular complexity index is 1090. The van der Waals surface area contributed by atoms with Crippen LogP contribution in [0.2, 0.25) is 0 Å². The third-order valence-corrected chi connectivity index (χ3v) is 5.43. The van der Waals surface area contributed by atoms with E-state index in [9.17, 15) is 0 Å². The number of aryl methyl sites for hydroxylation is 2. The van der Waals surface area contributed by atoms with E-state index in [0.717, 1.165) is 33.9 Å². The standard InChI is InChI=1S/C21H21N5O2S/c1-14-7-6-8-15(2)20(14)27-12-19-23-24-21(26(19)22)29-13-17-11-18(25-28-17)16-9-4-3-5-10-16/h3-11H,12-13,22H2,1-2H3. The first-order valence-corrected chi connectivity index (χ1v) is 10.1. The zero-order valence-electron chi connectivity index (χ0n) is 16.2. The Labute approximate surface area is 172 Å². The van der Waals surface area contributed by atoms with Gasteiger partial charge < -0.3 is 15.1 Å². The minimum absolute atomic E-state index is 0.246. The van der Waals surface area contributed by atoms with E-state index in [4.69, 9.17) is 15.1 Å². The van der Waals surface area contributed by atoms with Crippen molar-refractivity contribution in [1.82, 2.24) is 20.0 Å². The lowest BCUT2D eigenvalue weighted by molar-refractivity contribution is 0.288. The van der Waals surface area contributed by atoms with Gasteiger partial charge in [-0.25, -0.2) is 4.68 Å². The average molecular weight is 407 g/mol. The second-order valence-corrected chi connectivity index (χ2v) is 7.55. The monoisotopic (exact) mass is 407 g/mol. The van der Waals surface area contributed by atoms with Gasteiger partial charge in [0.25, 0.3) is 0 Å². The fourth-order valence-electron chi connectivity index (χ4n) is 2.93. The number of benzene rings is 2. The molecule has 8 heteroatoms. The number of thioether (sulfide) groups is 1. The quantitative estimate of drug-likeness (QED) is 0.364. The van der Waals surface area contributed by atoms with Crippen LogP contribution in [-0.2, 0) is 12.4 Å². The molecule has 0 bridgehead atoms. The van der Waals surface area contributed by atoms with Gasteiger partial charge in [-0.3, -0.25) is 0 Å². The van der Waals surface area contributed by atoms with Crippen LogP contribution in [0.15, 0.2) is 64.3 Å². The molecule has 0 radical (unpaired) electrons. The van der Waals surface area contributed by atoms with E-state index in [2.05, 4.69) is 15.4 Å². The molecule has 2 aromatic heterocycles. The Morgan fingerprint density at radius 1 is 1.03 bits per heavy atom. The number of hydrogen-bond donors (Lipinski definition) is 1. The molecule has 0 atom stereocenters. The molecule has 0 saturated heterocycles. The van der Waals surface area contributed by atoms with Crippen molar-refractivity contribution in [3.8, 4) is 17.0 Å². The lowest BCUT2D eigenvalue weighted by atomic mass is 10.1. The van der Waals surface area contributed by atoms with E-state index in [0.29, 0.717) is 16.7 Å². The van der Waals surface area contributed by atoms with Crippen LogP contribution in [0.3, 0.4) is 0 Å². The van der Waals surface area contributed by atoms with E-state index in [-0.39, 0.29) is 6.61 Å². The van der Waals surface area contributed by atoms with Crippen molar-refractivity contribution >= 4 is 11.8 Å². The van der Waals surface area contributed by atoms with Crippen LogP contribution in [0.4, 0.5) is 0 Å². The molecule has 2 heterocycles. The number of nitrogen functional groups attached to an aromatic ring is 1. The summed E-state index contributed by atoms with van der Waals surface area (Å²) < 4.78 is 12.8. The Morgan fingerprint density at radius 2 is 1.79 bits per heavy atom. The maximum atomic E-state index is 6.15. The molecule has 7 nitrogen and oxygen atoms in total. The molecular formula is C21H21N5O2S. The van der Waals surface area contributed by atoms with Crippen molar-refractivity contribution in [3.63, 3.8) is 0 Å². The van der Waals surface area contributed by atoms with Gasteiger partial charge >= 0.3 is 0 Å². The molecule has 4 aromatic rings. The van der Waals surface area contributed by atoms with Crippen molar-refractivity contribution in [2.45, 2.75) is 31.4 Å². The largest absolute Gasteiger partial charge is 0.485 e. The molecule has 0 aliphatic rings. The van der Waals surface area contributed by atoms with Gasteiger partial charge in [-0.2, -0.15) is 0 Å². The third-order valence-electron chi connectivity index (χ3n) is 4.46. The minimum Gasteiger partial charge on any atom is -0.485 e. The predicted octanol–water partition coefficient (Wildman–Crippen LogP) is 4.14. The van der Waals surface area contributed by atoms with E-state index >= 15 is 0 Å². The zero-order chi connectivity index (χ0) is 20.2. The summed E-state index contributed by atoms with van der Waals surface area (Å²) >= 11 is 1.43. The van der Waals surface area contributed by atoms with E-state index in [1.165, 1.54) is 16.4 Å². The highest BCUT2D eigenvalue weighted by atomic mass is 32.2.